The molecule has 1 aromatic rings. The molecule has 0 spiro atoms. The van der Waals surface area contributed by atoms with Crippen molar-refractivity contribution >= 4 is 0 Å². The van der Waals surface area contributed by atoms with Gasteiger partial charge in [0.2, 0.25) is 5.43 Å². The molecule has 0 aliphatic carbocycles. The second-order valence-corrected chi connectivity index (χ2v) is 4.80. The van der Waals surface area contributed by atoms with E-state index in [4.69, 9.17) is 4.74 Å². The molecule has 3 N–H and O–H groups in total. The summed E-state index contributed by atoms with van der Waals surface area (Å²) in [6.07, 6.45) is -0.632. The highest BCUT2D eigenvalue weighted by Crippen LogP contribution is 2.09. The van der Waals surface area contributed by atoms with Gasteiger partial charge in [0.1, 0.15) is 12.7 Å². The molecule has 1 atom stereocenters. The van der Waals surface area contributed by atoms with Crippen molar-refractivity contribution in [1.82, 2.24) is 10.3 Å². The molecule has 102 valence electrons. The predicted octanol–water partition coefficient (Wildman–Crippen LogP) is 0.729. The molecular weight excluding hydrogens is 232 g/mol. The summed E-state index contributed by atoms with van der Waals surface area (Å²) in [6, 6.07) is 1.80. The topological polar surface area (TPSA) is 74.3 Å². The van der Waals surface area contributed by atoms with E-state index >= 15 is 0 Å². The highest BCUT2D eigenvalue weighted by molar-refractivity contribution is 5.28. The highest BCUT2D eigenvalue weighted by atomic mass is 16.5. The Kier molecular flexibility index (Phi) is 5.37. The molecule has 0 radical (unpaired) electrons. The Morgan fingerprint density at radius 2 is 2.11 bits per heavy atom. The van der Waals surface area contributed by atoms with Crippen LogP contribution in [0.2, 0.25) is 0 Å². The fourth-order valence-electron chi connectivity index (χ4n) is 1.63. The van der Waals surface area contributed by atoms with Gasteiger partial charge in [0.05, 0.1) is 5.69 Å². The Bertz CT molecular complexity index is 440. The van der Waals surface area contributed by atoms with E-state index in [9.17, 15) is 9.90 Å². The van der Waals surface area contributed by atoms with Crippen molar-refractivity contribution in [1.29, 1.82) is 0 Å². The Morgan fingerprint density at radius 1 is 1.44 bits per heavy atom. The van der Waals surface area contributed by atoms with Crippen molar-refractivity contribution in [2.45, 2.75) is 39.8 Å². The zero-order valence-corrected chi connectivity index (χ0v) is 11.4. The van der Waals surface area contributed by atoms with Gasteiger partial charge in [0.15, 0.2) is 5.75 Å². The summed E-state index contributed by atoms with van der Waals surface area (Å²) in [5.74, 6) is 0.282. The monoisotopic (exact) mass is 254 g/mol. The minimum absolute atomic E-state index is 0.104. The number of ether oxygens (including phenoxy) is 1. The lowest BCUT2D eigenvalue weighted by Gasteiger charge is -2.15. The first-order valence-electron chi connectivity index (χ1n) is 6.15. The van der Waals surface area contributed by atoms with Crippen molar-refractivity contribution in [3.63, 3.8) is 0 Å². The summed E-state index contributed by atoms with van der Waals surface area (Å²) < 4.78 is 5.38. The average Bonchev–Trinajstić information content (AvgIpc) is 2.24. The van der Waals surface area contributed by atoms with Crippen molar-refractivity contribution in [3.8, 4) is 5.75 Å². The zero-order valence-electron chi connectivity index (χ0n) is 11.4. The molecule has 0 fully saturated rings. The molecule has 0 aliphatic rings. The van der Waals surface area contributed by atoms with Crippen molar-refractivity contribution in [2.24, 2.45) is 0 Å². The number of aryl methyl sites for hydroxylation is 2. The number of hydrogen-bond donors (Lipinski definition) is 3. The number of aliphatic hydroxyl groups is 1. The van der Waals surface area contributed by atoms with Crippen molar-refractivity contribution in [2.75, 3.05) is 13.2 Å². The summed E-state index contributed by atoms with van der Waals surface area (Å²) in [6.45, 7) is 8.15. The normalized spacial score (nSPS) is 12.8. The molecule has 0 aromatic carbocycles. The molecule has 1 rings (SSSR count). The van der Waals surface area contributed by atoms with Gasteiger partial charge >= 0.3 is 0 Å². The number of aromatic amines is 1. The number of aliphatic hydroxyl groups excluding tert-OH is 1. The SMILES string of the molecule is Cc1cc(=O)c(OCC(O)CNC(C)C)c(C)[nH]1. The largest absolute Gasteiger partial charge is 0.485 e. The Balaban J connectivity index is 2.56. The summed E-state index contributed by atoms with van der Waals surface area (Å²) in [7, 11) is 0. The van der Waals surface area contributed by atoms with E-state index in [2.05, 4.69) is 10.3 Å². The smallest absolute Gasteiger partial charge is 0.223 e. The molecule has 0 saturated heterocycles. The maximum atomic E-state index is 11.7. The van der Waals surface area contributed by atoms with Crippen LogP contribution in [0.1, 0.15) is 25.2 Å². The summed E-state index contributed by atoms with van der Waals surface area (Å²) in [4.78, 5) is 14.7. The number of nitrogens with one attached hydrogen (secondary N) is 2. The number of aromatic nitrogens is 1. The number of pyridine rings is 1. The van der Waals surface area contributed by atoms with Crippen LogP contribution in [-0.4, -0.2) is 35.4 Å². The van der Waals surface area contributed by atoms with E-state index in [1.807, 2.05) is 20.8 Å². The molecule has 1 heterocycles. The Hall–Kier alpha value is -1.33. The van der Waals surface area contributed by atoms with Crippen LogP contribution >= 0.6 is 0 Å². The fourth-order valence-corrected chi connectivity index (χ4v) is 1.63. The summed E-state index contributed by atoms with van der Waals surface area (Å²) in [5, 5.41) is 12.8. The minimum atomic E-state index is -0.632. The summed E-state index contributed by atoms with van der Waals surface area (Å²) in [5.41, 5.74) is 1.32. The van der Waals surface area contributed by atoms with Crippen LogP contribution < -0.4 is 15.5 Å². The molecule has 0 aliphatic heterocycles. The van der Waals surface area contributed by atoms with Crippen LogP contribution in [0.25, 0.3) is 0 Å². The molecule has 5 nitrogen and oxygen atoms in total. The first-order chi connectivity index (χ1) is 8.40. The first kappa shape index (κ1) is 14.7. The highest BCUT2D eigenvalue weighted by Gasteiger charge is 2.10. The van der Waals surface area contributed by atoms with Gasteiger partial charge in [-0.15, -0.1) is 0 Å². The van der Waals surface area contributed by atoms with E-state index < -0.39 is 6.10 Å². The molecule has 18 heavy (non-hydrogen) atoms. The van der Waals surface area contributed by atoms with Crippen LogP contribution in [0.4, 0.5) is 0 Å². The summed E-state index contributed by atoms with van der Waals surface area (Å²) >= 11 is 0. The molecule has 1 aromatic heterocycles. The third-order valence-corrected chi connectivity index (χ3v) is 2.48. The second-order valence-electron chi connectivity index (χ2n) is 4.80. The second kappa shape index (κ2) is 6.56. The van der Waals surface area contributed by atoms with E-state index in [1.165, 1.54) is 6.07 Å². The zero-order chi connectivity index (χ0) is 13.7. The maximum Gasteiger partial charge on any atom is 0.223 e. The lowest BCUT2D eigenvalue weighted by Crippen LogP contribution is -2.35. The third kappa shape index (κ3) is 4.50. The van der Waals surface area contributed by atoms with Gasteiger partial charge in [0, 0.05) is 24.3 Å². The molecule has 1 unspecified atom stereocenters. The number of H-pyrrole nitrogens is 1. The molecule has 0 saturated carbocycles. The van der Waals surface area contributed by atoms with Gasteiger partial charge in [-0.05, 0) is 13.8 Å². The minimum Gasteiger partial charge on any atom is -0.485 e. The quantitative estimate of drug-likeness (QED) is 0.699. The first-order valence-corrected chi connectivity index (χ1v) is 6.15. The van der Waals surface area contributed by atoms with E-state index in [0.717, 1.165) is 5.69 Å². The molecule has 0 amide bonds. The van der Waals surface area contributed by atoms with Crippen LogP contribution in [0, 0.1) is 13.8 Å². The predicted molar refractivity (Wildman–Crippen MR) is 71.2 cm³/mol. The Morgan fingerprint density at radius 3 is 2.67 bits per heavy atom. The molecule has 0 bridgehead atoms. The van der Waals surface area contributed by atoms with Crippen LogP contribution in [0.15, 0.2) is 10.9 Å². The van der Waals surface area contributed by atoms with E-state index in [0.29, 0.717) is 18.3 Å². The lowest BCUT2D eigenvalue weighted by molar-refractivity contribution is 0.103. The molecular formula is C13H22N2O3. The van der Waals surface area contributed by atoms with Gasteiger partial charge in [-0.3, -0.25) is 4.79 Å². The third-order valence-electron chi connectivity index (χ3n) is 2.48. The lowest BCUT2D eigenvalue weighted by atomic mass is 10.3. The Labute approximate surface area is 107 Å². The maximum absolute atomic E-state index is 11.7. The van der Waals surface area contributed by atoms with Crippen LogP contribution in [-0.2, 0) is 0 Å². The van der Waals surface area contributed by atoms with Gasteiger partial charge in [-0.25, -0.2) is 0 Å². The van der Waals surface area contributed by atoms with Gasteiger partial charge in [-0.1, -0.05) is 13.8 Å². The number of hydrogen-bond acceptors (Lipinski definition) is 4. The average molecular weight is 254 g/mol. The van der Waals surface area contributed by atoms with E-state index in [-0.39, 0.29) is 17.8 Å². The fraction of sp³-hybridized carbons (Fsp3) is 0.615. The number of rotatable bonds is 6. The van der Waals surface area contributed by atoms with E-state index in [1.54, 1.807) is 6.92 Å². The van der Waals surface area contributed by atoms with Crippen LogP contribution in [0.5, 0.6) is 5.75 Å². The van der Waals surface area contributed by atoms with Gasteiger partial charge in [-0.2, -0.15) is 0 Å². The van der Waals surface area contributed by atoms with Crippen molar-refractivity contribution < 1.29 is 9.84 Å². The van der Waals surface area contributed by atoms with Gasteiger partial charge in [0.25, 0.3) is 0 Å². The molecule has 5 heteroatoms. The van der Waals surface area contributed by atoms with Crippen LogP contribution in [0.3, 0.4) is 0 Å². The van der Waals surface area contributed by atoms with Gasteiger partial charge < -0.3 is 20.1 Å². The standard InChI is InChI=1S/C13H22N2O3/c1-8(2)14-6-11(16)7-18-13-10(4)15-9(3)5-12(13)17/h5,8,11,14,16H,6-7H2,1-4H3,(H,15,17). The van der Waals surface area contributed by atoms with Crippen molar-refractivity contribution in [3.05, 3.63) is 27.7 Å².